The fourth-order valence-corrected chi connectivity index (χ4v) is 4.43. The molecule has 0 saturated carbocycles. The van der Waals surface area contributed by atoms with Crippen LogP contribution in [0.15, 0.2) is 48.5 Å². The number of anilines is 1. The van der Waals surface area contributed by atoms with Gasteiger partial charge in [0, 0.05) is 13.6 Å². The second-order valence-electron chi connectivity index (χ2n) is 7.48. The third kappa shape index (κ3) is 6.86. The molecule has 2 rings (SSSR count). The lowest BCUT2D eigenvalue weighted by molar-refractivity contribution is -0.140. The largest absolute Gasteiger partial charge is 0.417 e. The molecule has 0 unspecified atom stereocenters. The van der Waals surface area contributed by atoms with Crippen LogP contribution in [-0.4, -0.2) is 51.0 Å². The molecule has 0 aliphatic rings. The average Bonchev–Trinajstić information content (AvgIpc) is 2.76. The molecule has 186 valence electrons. The van der Waals surface area contributed by atoms with Gasteiger partial charge < -0.3 is 10.2 Å². The van der Waals surface area contributed by atoms with Gasteiger partial charge in [-0.1, -0.05) is 48.9 Å². The van der Waals surface area contributed by atoms with Crippen LogP contribution < -0.4 is 9.62 Å². The van der Waals surface area contributed by atoms with Gasteiger partial charge in [0.05, 0.1) is 22.5 Å². The van der Waals surface area contributed by atoms with Crippen LogP contribution in [0.4, 0.5) is 18.9 Å². The van der Waals surface area contributed by atoms with Crippen LogP contribution in [-0.2, 0) is 32.3 Å². The SMILES string of the molecule is CC[C@@H](C(=O)NC)N(Cc1ccccc1)C(=O)CN(c1ccc(Cl)c(C(F)(F)F)c1)S(C)(=O)=O. The van der Waals surface area contributed by atoms with Gasteiger partial charge in [-0.2, -0.15) is 13.2 Å². The first kappa shape index (κ1) is 27.5. The van der Waals surface area contributed by atoms with Crippen LogP contribution in [0.1, 0.15) is 24.5 Å². The molecular weight excluding hydrogens is 495 g/mol. The molecular formula is C22H25ClF3N3O4S. The predicted molar refractivity (Wildman–Crippen MR) is 124 cm³/mol. The Morgan fingerprint density at radius 1 is 1.12 bits per heavy atom. The van der Waals surface area contributed by atoms with Gasteiger partial charge in [-0.15, -0.1) is 0 Å². The van der Waals surface area contributed by atoms with Gasteiger partial charge in [0.25, 0.3) is 0 Å². The van der Waals surface area contributed by atoms with Crippen LogP contribution in [0.3, 0.4) is 0 Å². The monoisotopic (exact) mass is 519 g/mol. The average molecular weight is 520 g/mol. The zero-order valence-electron chi connectivity index (χ0n) is 18.8. The number of likely N-dealkylation sites (N-methyl/N-ethyl adjacent to an activating group) is 1. The van der Waals surface area contributed by atoms with Gasteiger partial charge >= 0.3 is 6.18 Å². The second kappa shape index (κ2) is 11.1. The highest BCUT2D eigenvalue weighted by Gasteiger charge is 2.36. The van der Waals surface area contributed by atoms with Crippen LogP contribution in [0, 0.1) is 0 Å². The number of sulfonamides is 1. The Morgan fingerprint density at radius 3 is 2.24 bits per heavy atom. The molecule has 7 nitrogen and oxygen atoms in total. The first-order valence-electron chi connectivity index (χ1n) is 10.2. The number of nitrogens with zero attached hydrogens (tertiary/aromatic N) is 2. The highest BCUT2D eigenvalue weighted by molar-refractivity contribution is 7.92. The lowest BCUT2D eigenvalue weighted by Gasteiger charge is -2.32. The van der Waals surface area contributed by atoms with Crippen molar-refractivity contribution in [3.05, 3.63) is 64.7 Å². The van der Waals surface area contributed by atoms with Crippen molar-refractivity contribution in [1.29, 1.82) is 0 Å². The van der Waals surface area contributed by atoms with Crippen molar-refractivity contribution in [2.75, 3.05) is 24.2 Å². The molecule has 12 heteroatoms. The lowest BCUT2D eigenvalue weighted by Crippen LogP contribution is -2.51. The molecule has 0 fully saturated rings. The summed E-state index contributed by atoms with van der Waals surface area (Å²) in [5.41, 5.74) is -0.916. The van der Waals surface area contributed by atoms with Crippen molar-refractivity contribution in [1.82, 2.24) is 10.2 Å². The zero-order chi connectivity index (χ0) is 25.7. The van der Waals surface area contributed by atoms with Gasteiger partial charge in [0.15, 0.2) is 0 Å². The molecule has 1 N–H and O–H groups in total. The number of hydrogen-bond donors (Lipinski definition) is 1. The zero-order valence-corrected chi connectivity index (χ0v) is 20.3. The molecule has 2 aromatic carbocycles. The molecule has 0 aliphatic carbocycles. The number of alkyl halides is 3. The Labute approximate surface area is 201 Å². The topological polar surface area (TPSA) is 86.8 Å². The smallest absolute Gasteiger partial charge is 0.357 e. The summed E-state index contributed by atoms with van der Waals surface area (Å²) in [5, 5.41) is 1.87. The van der Waals surface area contributed by atoms with Gasteiger partial charge in [0.2, 0.25) is 21.8 Å². The third-order valence-electron chi connectivity index (χ3n) is 5.05. The van der Waals surface area contributed by atoms with Crippen molar-refractivity contribution in [2.45, 2.75) is 32.1 Å². The molecule has 0 radical (unpaired) electrons. The van der Waals surface area contributed by atoms with E-state index in [0.717, 1.165) is 18.4 Å². The van der Waals surface area contributed by atoms with Crippen molar-refractivity contribution < 1.29 is 31.2 Å². The minimum Gasteiger partial charge on any atom is -0.357 e. The van der Waals surface area contributed by atoms with E-state index in [-0.39, 0.29) is 18.7 Å². The van der Waals surface area contributed by atoms with E-state index >= 15 is 0 Å². The fraction of sp³-hybridized carbons (Fsp3) is 0.364. The molecule has 2 amide bonds. The highest BCUT2D eigenvalue weighted by atomic mass is 35.5. The van der Waals surface area contributed by atoms with E-state index in [0.29, 0.717) is 15.9 Å². The summed E-state index contributed by atoms with van der Waals surface area (Å²) < 4.78 is 65.5. The Kier molecular flexibility index (Phi) is 8.96. The summed E-state index contributed by atoms with van der Waals surface area (Å²) in [6.07, 6.45) is -3.82. The van der Waals surface area contributed by atoms with Crippen LogP contribution in [0.5, 0.6) is 0 Å². The molecule has 0 spiro atoms. The fourth-order valence-electron chi connectivity index (χ4n) is 3.37. The summed E-state index contributed by atoms with van der Waals surface area (Å²) in [6, 6.07) is 10.4. The van der Waals surface area contributed by atoms with E-state index < -0.39 is 51.2 Å². The number of carbonyl (C=O) groups excluding carboxylic acids is 2. The molecule has 1 atom stereocenters. The van der Waals surface area contributed by atoms with Crippen molar-refractivity contribution >= 4 is 39.1 Å². The Bertz CT molecular complexity index is 1130. The standard InChI is InChI=1S/C22H25ClF3N3O4S/c1-4-19(21(31)27-2)28(13-15-8-6-5-7-9-15)20(30)14-29(34(3,32)33)16-10-11-18(23)17(12-16)22(24,25)26/h5-12,19H,4,13-14H2,1-3H3,(H,27,31)/t19-/m0/s1. The predicted octanol–water partition coefficient (Wildman–Crippen LogP) is 3.68. The highest BCUT2D eigenvalue weighted by Crippen LogP contribution is 2.37. The first-order chi connectivity index (χ1) is 15.8. The summed E-state index contributed by atoms with van der Waals surface area (Å²) in [7, 11) is -2.77. The molecule has 0 aliphatic heterocycles. The Morgan fingerprint density at radius 2 is 1.74 bits per heavy atom. The van der Waals surface area contributed by atoms with E-state index in [9.17, 15) is 31.2 Å². The van der Waals surface area contributed by atoms with E-state index in [1.807, 2.05) is 0 Å². The van der Waals surface area contributed by atoms with Crippen LogP contribution in [0.2, 0.25) is 5.02 Å². The molecule has 0 bridgehead atoms. The number of hydrogen-bond acceptors (Lipinski definition) is 4. The van der Waals surface area contributed by atoms with Gasteiger partial charge in [-0.25, -0.2) is 8.42 Å². The number of halogens is 4. The van der Waals surface area contributed by atoms with Gasteiger partial charge in [-0.05, 0) is 30.2 Å². The van der Waals surface area contributed by atoms with E-state index in [2.05, 4.69) is 5.32 Å². The maximum Gasteiger partial charge on any atom is 0.417 e. The maximum atomic E-state index is 13.3. The molecule has 0 aromatic heterocycles. The number of rotatable bonds is 9. The van der Waals surface area contributed by atoms with Crippen LogP contribution in [0.25, 0.3) is 0 Å². The molecule has 0 saturated heterocycles. The van der Waals surface area contributed by atoms with E-state index in [1.165, 1.54) is 11.9 Å². The number of nitrogens with one attached hydrogen (secondary N) is 1. The normalized spacial score (nSPS) is 12.7. The molecule has 2 aromatic rings. The minimum atomic E-state index is -4.83. The second-order valence-corrected chi connectivity index (χ2v) is 9.79. The third-order valence-corrected chi connectivity index (χ3v) is 6.52. The number of carbonyl (C=O) groups is 2. The summed E-state index contributed by atoms with van der Waals surface area (Å²) in [4.78, 5) is 27.0. The summed E-state index contributed by atoms with van der Waals surface area (Å²) in [5.74, 6) is -1.21. The summed E-state index contributed by atoms with van der Waals surface area (Å²) in [6.45, 7) is 0.879. The number of benzene rings is 2. The minimum absolute atomic E-state index is 0.00236. The Hall–Kier alpha value is -2.79. The van der Waals surface area contributed by atoms with Crippen molar-refractivity contribution in [3.63, 3.8) is 0 Å². The number of amides is 2. The molecule has 0 heterocycles. The Balaban J connectivity index is 2.49. The van der Waals surface area contributed by atoms with Gasteiger partial charge in [-0.3, -0.25) is 13.9 Å². The quantitative estimate of drug-likeness (QED) is 0.547. The maximum absolute atomic E-state index is 13.3. The van der Waals surface area contributed by atoms with Crippen molar-refractivity contribution in [2.24, 2.45) is 0 Å². The summed E-state index contributed by atoms with van der Waals surface area (Å²) >= 11 is 5.65. The van der Waals surface area contributed by atoms with E-state index in [4.69, 9.17) is 11.6 Å². The van der Waals surface area contributed by atoms with Crippen molar-refractivity contribution in [3.8, 4) is 0 Å². The van der Waals surface area contributed by atoms with Gasteiger partial charge in [0.1, 0.15) is 12.6 Å². The van der Waals surface area contributed by atoms with E-state index in [1.54, 1.807) is 37.3 Å². The first-order valence-corrected chi connectivity index (χ1v) is 12.4. The lowest BCUT2D eigenvalue weighted by atomic mass is 10.1. The van der Waals surface area contributed by atoms with Crippen LogP contribution >= 0.6 is 11.6 Å². The molecule has 34 heavy (non-hydrogen) atoms.